The zero-order valence-electron chi connectivity index (χ0n) is 6.91. The van der Waals surface area contributed by atoms with Crippen molar-refractivity contribution in [3.8, 4) is 0 Å². The molecule has 96 valence electrons. The van der Waals surface area contributed by atoms with E-state index in [4.69, 9.17) is 0 Å². The summed E-state index contributed by atoms with van der Waals surface area (Å²) < 4.78 is 113. The minimum Gasteiger partial charge on any atom is -0.272 e. The molecule has 0 amide bonds. The lowest BCUT2D eigenvalue weighted by Gasteiger charge is -2.44. The minimum absolute atomic E-state index is 2.41. The first kappa shape index (κ1) is 13.4. The van der Waals surface area contributed by atoms with Crippen molar-refractivity contribution in [1.82, 2.24) is 4.90 Å². The Kier molecular flexibility index (Phi) is 2.83. The van der Waals surface area contributed by atoms with Crippen molar-refractivity contribution in [2.24, 2.45) is 0 Å². The number of hydrogen-bond acceptors (Lipinski definition) is 2. The van der Waals surface area contributed by atoms with Crippen LogP contribution >= 0.6 is 0 Å². The van der Waals surface area contributed by atoms with Gasteiger partial charge in [-0.2, -0.15) is 35.1 Å². The lowest BCUT2D eigenvalue weighted by Crippen LogP contribution is -2.71. The van der Waals surface area contributed by atoms with Gasteiger partial charge in [0.1, 0.15) is 0 Å². The maximum atomic E-state index is 12.5. The van der Waals surface area contributed by atoms with E-state index in [2.05, 4.69) is 4.74 Å². The molecule has 0 aliphatic carbocycles. The van der Waals surface area contributed by atoms with Gasteiger partial charge in [-0.1, -0.05) is 0 Å². The molecule has 0 saturated carbocycles. The molecule has 0 N–H and O–H groups in total. The molecule has 1 saturated heterocycles. The summed E-state index contributed by atoms with van der Waals surface area (Å²) >= 11 is 0. The van der Waals surface area contributed by atoms with E-state index in [1.165, 1.54) is 0 Å². The zero-order valence-corrected chi connectivity index (χ0v) is 6.91. The molecular formula is C5H2F9NO. The maximum Gasteiger partial charge on any atom is 0.437 e. The molecule has 1 fully saturated rings. The van der Waals surface area contributed by atoms with Crippen LogP contribution in [0.2, 0.25) is 0 Å². The summed E-state index contributed by atoms with van der Waals surface area (Å²) in [4.78, 5) is -2.52. The molecule has 1 heterocycles. The molecule has 1 aliphatic rings. The Hall–Kier alpha value is -0.710. The van der Waals surface area contributed by atoms with Gasteiger partial charge in [-0.05, 0) is 0 Å². The predicted octanol–water partition coefficient (Wildman–Crippen LogP) is 2.62. The largest absolute Gasteiger partial charge is 0.437 e. The van der Waals surface area contributed by atoms with Gasteiger partial charge >= 0.3 is 24.8 Å². The van der Waals surface area contributed by atoms with Crippen LogP contribution in [0.4, 0.5) is 39.5 Å². The summed E-state index contributed by atoms with van der Waals surface area (Å²) in [6.45, 7) is -4.70. The fourth-order valence-electron chi connectivity index (χ4n) is 0.961. The maximum absolute atomic E-state index is 12.5. The van der Waals surface area contributed by atoms with Gasteiger partial charge in [0.25, 0.3) is 6.36 Å². The van der Waals surface area contributed by atoms with E-state index in [1.807, 2.05) is 0 Å². The topological polar surface area (TPSA) is 12.5 Å². The monoisotopic (exact) mass is 263 g/mol. The van der Waals surface area contributed by atoms with Crippen LogP contribution in [0.15, 0.2) is 0 Å². The van der Waals surface area contributed by atoms with Crippen molar-refractivity contribution in [1.29, 1.82) is 0 Å². The molecular weight excluding hydrogens is 261 g/mol. The number of nitrogens with zero attached hydrogens (tertiary/aromatic N) is 1. The van der Waals surface area contributed by atoms with E-state index in [0.29, 0.717) is 0 Å². The Bertz CT molecular complexity index is 279. The van der Waals surface area contributed by atoms with Gasteiger partial charge < -0.3 is 0 Å². The third kappa shape index (κ3) is 1.61. The Morgan fingerprint density at radius 1 is 1.00 bits per heavy atom. The van der Waals surface area contributed by atoms with Gasteiger partial charge in [-0.3, -0.25) is 4.74 Å². The highest BCUT2D eigenvalue weighted by Gasteiger charge is 2.78. The van der Waals surface area contributed by atoms with E-state index < -0.39 is 36.0 Å². The fourth-order valence-corrected chi connectivity index (χ4v) is 0.961. The van der Waals surface area contributed by atoms with E-state index in [9.17, 15) is 39.5 Å². The van der Waals surface area contributed by atoms with Crippen LogP contribution in [-0.4, -0.2) is 36.0 Å². The van der Waals surface area contributed by atoms with Crippen LogP contribution < -0.4 is 0 Å². The second kappa shape index (κ2) is 3.39. The average molecular weight is 263 g/mol. The molecule has 0 radical (unpaired) electrons. The molecule has 11 heteroatoms. The van der Waals surface area contributed by atoms with Crippen LogP contribution in [-0.2, 0) is 4.74 Å². The normalized spacial score (nSPS) is 33.0. The van der Waals surface area contributed by atoms with Gasteiger partial charge in [-0.25, -0.2) is 4.39 Å². The smallest absolute Gasteiger partial charge is 0.272 e. The van der Waals surface area contributed by atoms with Gasteiger partial charge in [0.15, 0.2) is 0 Å². The number of ether oxygens (including phenoxy) is 1. The number of hydrogen-bond donors (Lipinski definition) is 0. The molecule has 1 unspecified atom stereocenters. The number of halogens is 9. The fraction of sp³-hybridized carbons (Fsp3) is 1.00. The van der Waals surface area contributed by atoms with E-state index in [1.54, 1.807) is 0 Å². The molecule has 0 spiro atoms. The molecule has 16 heavy (non-hydrogen) atoms. The average Bonchev–Trinajstić information content (AvgIpc) is 1.98. The lowest BCUT2D eigenvalue weighted by molar-refractivity contribution is -0.522. The Morgan fingerprint density at radius 2 is 1.44 bits per heavy atom. The summed E-state index contributed by atoms with van der Waals surface area (Å²) in [6, 6.07) is -11.6. The highest BCUT2D eigenvalue weighted by molar-refractivity contribution is 4.90. The Balaban J connectivity index is 3.24. The van der Waals surface area contributed by atoms with Crippen molar-refractivity contribution >= 4 is 0 Å². The van der Waals surface area contributed by atoms with E-state index >= 15 is 0 Å². The first-order valence-corrected chi connectivity index (χ1v) is 3.47. The first-order valence-electron chi connectivity index (χ1n) is 3.47. The van der Waals surface area contributed by atoms with Gasteiger partial charge in [-0.15, -0.1) is 4.90 Å². The van der Waals surface area contributed by atoms with Crippen LogP contribution in [0.5, 0.6) is 0 Å². The standard InChI is InChI=1S/C5H2F9NO/c6-1-3(9,10)15(2(7)8)4(11,12)5(13,14)16-1/h1-2H. The summed E-state index contributed by atoms with van der Waals surface area (Å²) in [7, 11) is 0. The molecule has 2 nitrogen and oxygen atoms in total. The number of alkyl halides is 9. The molecule has 1 atom stereocenters. The van der Waals surface area contributed by atoms with E-state index in [0.717, 1.165) is 0 Å². The van der Waals surface area contributed by atoms with Gasteiger partial charge in [0.05, 0.1) is 0 Å². The summed E-state index contributed by atoms with van der Waals surface area (Å²) in [5.74, 6) is 0. The highest BCUT2D eigenvalue weighted by atomic mass is 19.3. The van der Waals surface area contributed by atoms with Crippen molar-refractivity contribution in [3.05, 3.63) is 0 Å². The number of morpholine rings is 1. The van der Waals surface area contributed by atoms with Gasteiger partial charge in [0, 0.05) is 0 Å². The molecule has 1 rings (SSSR count). The first-order chi connectivity index (χ1) is 6.94. The van der Waals surface area contributed by atoms with Crippen molar-refractivity contribution in [2.45, 2.75) is 31.1 Å². The van der Waals surface area contributed by atoms with Gasteiger partial charge in [0.2, 0.25) is 0 Å². The zero-order chi connectivity index (χ0) is 12.9. The second-order valence-electron chi connectivity index (χ2n) is 2.73. The molecule has 1 aliphatic heterocycles. The number of rotatable bonds is 1. The van der Waals surface area contributed by atoms with Crippen molar-refractivity contribution < 1.29 is 44.3 Å². The lowest BCUT2D eigenvalue weighted by atomic mass is 10.3. The van der Waals surface area contributed by atoms with Crippen LogP contribution in [0.25, 0.3) is 0 Å². The van der Waals surface area contributed by atoms with Crippen molar-refractivity contribution in [3.63, 3.8) is 0 Å². The molecule has 0 aromatic carbocycles. The summed E-state index contributed by atoms with van der Waals surface area (Å²) in [5, 5.41) is 0. The molecule has 0 aromatic rings. The second-order valence-corrected chi connectivity index (χ2v) is 2.73. The Labute approximate surface area is 81.6 Å². The molecule has 0 bridgehead atoms. The van der Waals surface area contributed by atoms with Crippen molar-refractivity contribution in [2.75, 3.05) is 0 Å². The highest BCUT2D eigenvalue weighted by Crippen LogP contribution is 2.51. The molecule has 0 aromatic heterocycles. The van der Waals surface area contributed by atoms with Crippen LogP contribution in [0, 0.1) is 0 Å². The predicted molar refractivity (Wildman–Crippen MR) is 28.7 cm³/mol. The quantitative estimate of drug-likeness (QED) is 0.532. The van der Waals surface area contributed by atoms with Crippen LogP contribution in [0.3, 0.4) is 0 Å². The summed E-state index contributed by atoms with van der Waals surface area (Å²) in [5.41, 5.74) is 0. The third-order valence-electron chi connectivity index (χ3n) is 1.69. The third-order valence-corrected chi connectivity index (χ3v) is 1.69. The SMILES string of the molecule is FC(F)N1C(F)(F)C(F)OC(F)(F)C1(F)F. The minimum atomic E-state index is -6.03. The Morgan fingerprint density at radius 3 is 1.81 bits per heavy atom. The van der Waals surface area contributed by atoms with E-state index in [-0.39, 0.29) is 0 Å². The summed E-state index contributed by atoms with van der Waals surface area (Å²) in [6.07, 6.45) is -10.1. The van der Waals surface area contributed by atoms with Crippen LogP contribution in [0.1, 0.15) is 0 Å².